The van der Waals surface area contributed by atoms with Crippen molar-refractivity contribution in [3.05, 3.63) is 96.6 Å². The van der Waals surface area contributed by atoms with Gasteiger partial charge in [-0.3, -0.25) is 9.36 Å². The Morgan fingerprint density at radius 1 is 0.677 bits per heavy atom. The number of carbonyl (C=O) groups excluding carboxylic acids is 1. The number of fused-ring (bicyclic) bond motifs is 7. The molecule has 0 aliphatic carbocycles. The molecule has 4 aromatic carbocycles. The summed E-state index contributed by atoms with van der Waals surface area (Å²) in [5.41, 5.74) is 5.90. The molecular formula is C26H15N3O2. The van der Waals surface area contributed by atoms with E-state index >= 15 is 0 Å². The number of rotatable bonds is 1. The smallest absolute Gasteiger partial charge is 0.264 e. The van der Waals surface area contributed by atoms with Gasteiger partial charge in [-0.2, -0.15) is 0 Å². The number of aromatic nitrogens is 2. The maximum atomic E-state index is 13.4. The van der Waals surface area contributed by atoms with Crippen LogP contribution < -0.4 is 9.64 Å². The molecule has 0 atom stereocenters. The van der Waals surface area contributed by atoms with Crippen molar-refractivity contribution in [1.82, 2.24) is 9.55 Å². The number of para-hydroxylation sites is 6. The van der Waals surface area contributed by atoms with Crippen molar-refractivity contribution in [1.29, 1.82) is 0 Å². The Hall–Kier alpha value is -4.38. The molecule has 0 N–H and O–H groups in total. The fourth-order valence-electron chi connectivity index (χ4n) is 4.62. The van der Waals surface area contributed by atoms with Crippen LogP contribution >= 0.6 is 0 Å². The predicted molar refractivity (Wildman–Crippen MR) is 120 cm³/mol. The first-order chi connectivity index (χ1) is 15.3. The lowest BCUT2D eigenvalue weighted by molar-refractivity contribution is 0.0973. The van der Waals surface area contributed by atoms with E-state index < -0.39 is 0 Å². The van der Waals surface area contributed by atoms with Crippen LogP contribution in [-0.4, -0.2) is 15.5 Å². The average Bonchev–Trinajstić information content (AvgIpc) is 3.33. The zero-order valence-corrected chi connectivity index (χ0v) is 16.3. The van der Waals surface area contributed by atoms with E-state index in [1.807, 2.05) is 91.0 Å². The van der Waals surface area contributed by atoms with Gasteiger partial charge in [-0.15, -0.1) is 0 Å². The molecule has 0 saturated heterocycles. The van der Waals surface area contributed by atoms with Gasteiger partial charge < -0.3 is 9.64 Å². The maximum absolute atomic E-state index is 13.4. The van der Waals surface area contributed by atoms with Gasteiger partial charge in [0, 0.05) is 0 Å². The van der Waals surface area contributed by atoms with Crippen molar-refractivity contribution in [3.8, 4) is 22.9 Å². The Labute approximate surface area is 177 Å². The molecule has 0 amide bonds. The SMILES string of the molecule is O=C1c2cccc(N3c4ccccc4Oc4ccccc43)c2-c2nc3ccccc3n21. The second-order valence-electron chi connectivity index (χ2n) is 7.64. The Bertz CT molecular complexity index is 1500. The van der Waals surface area contributed by atoms with Crippen molar-refractivity contribution in [3.63, 3.8) is 0 Å². The predicted octanol–water partition coefficient (Wildman–Crippen LogP) is 6.28. The van der Waals surface area contributed by atoms with Gasteiger partial charge in [-0.25, -0.2) is 4.98 Å². The van der Waals surface area contributed by atoms with Crippen LogP contribution in [-0.2, 0) is 0 Å². The third kappa shape index (κ3) is 2.09. The van der Waals surface area contributed by atoms with E-state index in [9.17, 15) is 4.79 Å². The molecule has 1 aromatic heterocycles. The summed E-state index contributed by atoms with van der Waals surface area (Å²) in [7, 11) is 0. The summed E-state index contributed by atoms with van der Waals surface area (Å²) < 4.78 is 7.88. The quantitative estimate of drug-likeness (QED) is 0.325. The lowest BCUT2D eigenvalue weighted by atomic mass is 10.0. The number of imidazole rings is 1. The monoisotopic (exact) mass is 401 g/mol. The van der Waals surface area contributed by atoms with Gasteiger partial charge >= 0.3 is 0 Å². The summed E-state index contributed by atoms with van der Waals surface area (Å²) in [6.07, 6.45) is 0. The molecule has 5 aromatic rings. The van der Waals surface area contributed by atoms with Gasteiger partial charge in [0.25, 0.3) is 5.91 Å². The van der Waals surface area contributed by atoms with Gasteiger partial charge in [-0.05, 0) is 48.5 Å². The van der Waals surface area contributed by atoms with Crippen molar-refractivity contribution >= 4 is 34.0 Å². The van der Waals surface area contributed by atoms with Crippen LogP contribution in [0.5, 0.6) is 11.5 Å². The molecule has 31 heavy (non-hydrogen) atoms. The van der Waals surface area contributed by atoms with E-state index in [4.69, 9.17) is 9.72 Å². The lowest BCUT2D eigenvalue weighted by Crippen LogP contribution is -2.16. The van der Waals surface area contributed by atoms with Crippen LogP contribution in [0.2, 0.25) is 0 Å². The minimum absolute atomic E-state index is 0.0459. The minimum Gasteiger partial charge on any atom is -0.453 e. The lowest BCUT2D eigenvalue weighted by Gasteiger charge is -2.33. The van der Waals surface area contributed by atoms with Gasteiger partial charge in [-0.1, -0.05) is 42.5 Å². The van der Waals surface area contributed by atoms with E-state index in [-0.39, 0.29) is 5.91 Å². The summed E-state index contributed by atoms with van der Waals surface area (Å²) in [4.78, 5) is 20.4. The molecule has 0 spiro atoms. The molecule has 3 heterocycles. The molecule has 0 saturated carbocycles. The number of anilines is 3. The highest BCUT2D eigenvalue weighted by molar-refractivity contribution is 6.16. The molecule has 5 nitrogen and oxygen atoms in total. The normalized spacial score (nSPS) is 13.4. The number of benzene rings is 4. The molecule has 146 valence electrons. The fourth-order valence-corrected chi connectivity index (χ4v) is 4.62. The molecule has 0 fully saturated rings. The molecule has 7 rings (SSSR count). The molecule has 0 radical (unpaired) electrons. The zero-order valence-electron chi connectivity index (χ0n) is 16.3. The minimum atomic E-state index is -0.0459. The van der Waals surface area contributed by atoms with E-state index in [2.05, 4.69) is 4.90 Å². The summed E-state index contributed by atoms with van der Waals surface area (Å²) in [6.45, 7) is 0. The van der Waals surface area contributed by atoms with Crippen molar-refractivity contribution < 1.29 is 9.53 Å². The Morgan fingerprint density at radius 3 is 2.10 bits per heavy atom. The van der Waals surface area contributed by atoms with E-state index in [0.717, 1.165) is 45.2 Å². The summed E-state index contributed by atoms with van der Waals surface area (Å²) in [5, 5.41) is 0. The average molecular weight is 401 g/mol. The first kappa shape index (κ1) is 16.4. The van der Waals surface area contributed by atoms with E-state index in [1.54, 1.807) is 4.57 Å². The molecule has 2 aliphatic rings. The summed E-state index contributed by atoms with van der Waals surface area (Å²) >= 11 is 0. The topological polar surface area (TPSA) is 47.4 Å². The number of hydrogen-bond acceptors (Lipinski definition) is 4. The van der Waals surface area contributed by atoms with Crippen molar-refractivity contribution in [2.24, 2.45) is 0 Å². The molecule has 2 aliphatic heterocycles. The van der Waals surface area contributed by atoms with Crippen LogP contribution in [0.15, 0.2) is 91.0 Å². The van der Waals surface area contributed by atoms with E-state index in [0.29, 0.717) is 11.4 Å². The second-order valence-corrected chi connectivity index (χ2v) is 7.64. The Kier molecular flexibility index (Phi) is 3.09. The molecular weight excluding hydrogens is 386 g/mol. The van der Waals surface area contributed by atoms with E-state index in [1.165, 1.54) is 0 Å². The van der Waals surface area contributed by atoms with Gasteiger partial charge in [0.05, 0.1) is 39.2 Å². The van der Waals surface area contributed by atoms with Crippen LogP contribution in [0, 0.1) is 0 Å². The summed E-state index contributed by atoms with van der Waals surface area (Å²) in [5.74, 6) is 2.18. The molecule has 0 bridgehead atoms. The van der Waals surface area contributed by atoms with Crippen molar-refractivity contribution in [2.45, 2.75) is 0 Å². The number of ether oxygens (including phenoxy) is 1. The standard InChI is InChI=1S/C26H15N3O2/c30-26-16-8-7-13-21(24(16)25-27-17-9-1-2-10-18(17)29(25)26)28-19-11-3-5-14-22(19)31-23-15-6-4-12-20(23)28/h1-15H. The zero-order chi connectivity index (χ0) is 20.5. The van der Waals surface area contributed by atoms with Gasteiger partial charge in [0.2, 0.25) is 0 Å². The van der Waals surface area contributed by atoms with Gasteiger partial charge in [0.15, 0.2) is 17.3 Å². The highest BCUT2D eigenvalue weighted by atomic mass is 16.5. The summed E-state index contributed by atoms with van der Waals surface area (Å²) in [6, 6.07) is 29.5. The first-order valence-corrected chi connectivity index (χ1v) is 10.1. The highest BCUT2D eigenvalue weighted by Gasteiger charge is 2.36. The first-order valence-electron chi connectivity index (χ1n) is 10.1. The van der Waals surface area contributed by atoms with Crippen LogP contribution in [0.25, 0.3) is 22.4 Å². The number of hydrogen-bond donors (Lipinski definition) is 0. The second kappa shape index (κ2) is 5.83. The third-order valence-corrected chi connectivity index (χ3v) is 5.93. The third-order valence-electron chi connectivity index (χ3n) is 5.93. The number of nitrogens with zero attached hydrogens (tertiary/aromatic N) is 3. The molecule has 5 heteroatoms. The molecule has 0 unspecified atom stereocenters. The highest BCUT2D eigenvalue weighted by Crippen LogP contribution is 2.53. The van der Waals surface area contributed by atoms with Gasteiger partial charge in [0.1, 0.15) is 0 Å². The Balaban J connectivity index is 1.56. The largest absolute Gasteiger partial charge is 0.453 e. The van der Waals surface area contributed by atoms with Crippen molar-refractivity contribution in [2.75, 3.05) is 4.90 Å². The van der Waals surface area contributed by atoms with Crippen LogP contribution in [0.3, 0.4) is 0 Å². The number of carbonyl (C=O) groups is 1. The maximum Gasteiger partial charge on any atom is 0.264 e. The Morgan fingerprint density at radius 2 is 1.32 bits per heavy atom. The fraction of sp³-hybridized carbons (Fsp3) is 0. The van der Waals surface area contributed by atoms with Crippen LogP contribution in [0.1, 0.15) is 10.4 Å². The van der Waals surface area contributed by atoms with Crippen LogP contribution in [0.4, 0.5) is 17.1 Å².